The van der Waals surface area contributed by atoms with Crippen molar-refractivity contribution in [2.75, 3.05) is 5.32 Å². The van der Waals surface area contributed by atoms with Crippen LogP contribution >= 0.6 is 11.8 Å². The Balaban J connectivity index is 1.60. The fraction of sp³-hybridized carbons (Fsp3) is 0.273. The van der Waals surface area contributed by atoms with Crippen LogP contribution in [0.25, 0.3) is 0 Å². The van der Waals surface area contributed by atoms with E-state index < -0.39 is 0 Å². The summed E-state index contributed by atoms with van der Waals surface area (Å²) in [7, 11) is 0. The summed E-state index contributed by atoms with van der Waals surface area (Å²) in [6, 6.07) is 18.3. The first kappa shape index (κ1) is 19.2. The quantitative estimate of drug-likeness (QED) is 0.569. The Labute approximate surface area is 164 Å². The maximum Gasteiger partial charge on any atom is 0.237 e. The topological polar surface area (TPSA) is 57.8 Å². The molecule has 0 saturated carbocycles. The van der Waals surface area contributed by atoms with Crippen molar-refractivity contribution in [1.82, 2.24) is 9.97 Å². The molecular formula is C22H25N3OS. The number of aromatic amines is 1. The summed E-state index contributed by atoms with van der Waals surface area (Å²) in [5, 5.41) is 3.51. The number of anilines is 1. The van der Waals surface area contributed by atoms with Crippen LogP contribution in [0.4, 0.5) is 5.69 Å². The highest BCUT2D eigenvalue weighted by Crippen LogP contribution is 2.24. The van der Waals surface area contributed by atoms with Gasteiger partial charge in [-0.25, -0.2) is 4.98 Å². The molecule has 0 spiro atoms. The monoisotopic (exact) mass is 379 g/mol. The number of benzene rings is 2. The van der Waals surface area contributed by atoms with Crippen LogP contribution < -0.4 is 5.32 Å². The van der Waals surface area contributed by atoms with Gasteiger partial charge in [0.1, 0.15) is 0 Å². The molecule has 0 bridgehead atoms. The molecule has 4 nitrogen and oxygen atoms in total. The van der Waals surface area contributed by atoms with E-state index in [0.29, 0.717) is 0 Å². The molecule has 5 heteroatoms. The number of carbonyl (C=O) groups excluding carboxylic acids is 1. The smallest absolute Gasteiger partial charge is 0.237 e. The Bertz CT molecular complexity index is 888. The standard InChI is InChI=1S/C22H25N3OS/c1-4-17-10-12-19(13-11-17)24-21(26)16(3)27-22-23-15(2)20(25-22)14-18-8-6-5-7-9-18/h5-13,16H,4,14H2,1-3H3,(H,23,25)(H,24,26)/t16-/m0/s1. The molecular weight excluding hydrogens is 354 g/mol. The van der Waals surface area contributed by atoms with Gasteiger partial charge in [-0.05, 0) is 43.5 Å². The van der Waals surface area contributed by atoms with Crippen LogP contribution in [0.1, 0.15) is 36.4 Å². The average Bonchev–Trinajstić information content (AvgIpc) is 3.02. The third-order valence-corrected chi connectivity index (χ3v) is 5.45. The molecule has 3 rings (SSSR count). The summed E-state index contributed by atoms with van der Waals surface area (Å²) in [5.41, 5.74) is 5.37. The van der Waals surface area contributed by atoms with E-state index in [1.165, 1.54) is 22.9 Å². The summed E-state index contributed by atoms with van der Waals surface area (Å²) in [6.45, 7) is 6.04. The Morgan fingerprint density at radius 3 is 2.48 bits per heavy atom. The Morgan fingerprint density at radius 2 is 1.81 bits per heavy atom. The third kappa shape index (κ3) is 5.23. The SMILES string of the molecule is CCc1ccc(NC(=O)[C@H](C)Sc2nc(Cc3ccccc3)c(C)[nH]2)cc1. The molecule has 1 heterocycles. The number of aromatic nitrogens is 2. The first-order valence-corrected chi connectivity index (χ1v) is 10.1. The van der Waals surface area contributed by atoms with E-state index in [9.17, 15) is 4.79 Å². The molecule has 0 aliphatic rings. The van der Waals surface area contributed by atoms with Gasteiger partial charge in [-0.3, -0.25) is 4.79 Å². The van der Waals surface area contributed by atoms with Gasteiger partial charge in [-0.15, -0.1) is 0 Å². The summed E-state index contributed by atoms with van der Waals surface area (Å²) >= 11 is 1.45. The predicted molar refractivity (Wildman–Crippen MR) is 112 cm³/mol. The van der Waals surface area contributed by atoms with Crippen molar-refractivity contribution >= 4 is 23.4 Å². The molecule has 0 saturated heterocycles. The maximum atomic E-state index is 12.5. The van der Waals surface area contributed by atoms with E-state index in [-0.39, 0.29) is 11.2 Å². The number of imidazole rings is 1. The second kappa shape index (κ2) is 8.91. The zero-order valence-corrected chi connectivity index (χ0v) is 16.8. The van der Waals surface area contributed by atoms with Gasteiger partial charge in [0, 0.05) is 17.8 Å². The van der Waals surface area contributed by atoms with Crippen LogP contribution in [0.3, 0.4) is 0 Å². The molecule has 0 aliphatic carbocycles. The van der Waals surface area contributed by atoms with Crippen molar-refractivity contribution in [2.24, 2.45) is 0 Å². The molecule has 2 aromatic carbocycles. The second-order valence-corrected chi connectivity index (χ2v) is 7.91. The molecule has 2 N–H and O–H groups in total. The molecule has 3 aromatic rings. The number of thioether (sulfide) groups is 1. The lowest BCUT2D eigenvalue weighted by molar-refractivity contribution is -0.115. The molecule has 140 valence electrons. The predicted octanol–water partition coefficient (Wildman–Crippen LogP) is 4.99. The Kier molecular flexibility index (Phi) is 6.35. The number of amides is 1. The number of carbonyl (C=O) groups is 1. The average molecular weight is 380 g/mol. The summed E-state index contributed by atoms with van der Waals surface area (Å²) in [4.78, 5) is 20.5. The maximum absolute atomic E-state index is 12.5. The van der Waals surface area contributed by atoms with Crippen molar-refractivity contribution < 1.29 is 4.79 Å². The van der Waals surface area contributed by atoms with E-state index in [4.69, 9.17) is 0 Å². The van der Waals surface area contributed by atoms with Gasteiger partial charge >= 0.3 is 0 Å². The highest BCUT2D eigenvalue weighted by molar-refractivity contribution is 8.00. The van der Waals surface area contributed by atoms with Crippen molar-refractivity contribution in [1.29, 1.82) is 0 Å². The first-order chi connectivity index (χ1) is 13.0. The molecule has 1 aromatic heterocycles. The summed E-state index contributed by atoms with van der Waals surface area (Å²) in [6.07, 6.45) is 1.78. The van der Waals surface area contributed by atoms with Gasteiger partial charge in [0.15, 0.2) is 5.16 Å². The Hall–Kier alpha value is -2.53. The number of rotatable bonds is 7. The van der Waals surface area contributed by atoms with Gasteiger partial charge in [-0.1, -0.05) is 61.2 Å². The van der Waals surface area contributed by atoms with Crippen LogP contribution in [-0.4, -0.2) is 21.1 Å². The van der Waals surface area contributed by atoms with Crippen molar-refractivity contribution in [2.45, 2.75) is 44.0 Å². The minimum atomic E-state index is -0.244. The van der Waals surface area contributed by atoms with E-state index in [1.54, 1.807) is 0 Å². The van der Waals surface area contributed by atoms with Crippen LogP contribution in [0.5, 0.6) is 0 Å². The van der Waals surface area contributed by atoms with Crippen molar-refractivity contribution in [3.8, 4) is 0 Å². The number of nitrogens with zero attached hydrogens (tertiary/aromatic N) is 1. The highest BCUT2D eigenvalue weighted by Gasteiger charge is 2.17. The van der Waals surface area contributed by atoms with Crippen LogP contribution in [0.2, 0.25) is 0 Å². The van der Waals surface area contributed by atoms with E-state index >= 15 is 0 Å². The largest absolute Gasteiger partial charge is 0.337 e. The highest BCUT2D eigenvalue weighted by atomic mass is 32.2. The molecule has 0 fully saturated rings. The van der Waals surface area contributed by atoms with Gasteiger partial charge < -0.3 is 10.3 Å². The van der Waals surface area contributed by atoms with Crippen LogP contribution in [0, 0.1) is 6.92 Å². The van der Waals surface area contributed by atoms with Gasteiger partial charge in [0.25, 0.3) is 0 Å². The fourth-order valence-electron chi connectivity index (χ4n) is 2.77. The molecule has 0 radical (unpaired) electrons. The molecule has 0 aliphatic heterocycles. The lowest BCUT2D eigenvalue weighted by atomic mass is 10.1. The summed E-state index contributed by atoms with van der Waals surface area (Å²) in [5.74, 6) is -0.0251. The number of hydrogen-bond acceptors (Lipinski definition) is 3. The third-order valence-electron chi connectivity index (χ3n) is 4.47. The van der Waals surface area contributed by atoms with Crippen LogP contribution in [-0.2, 0) is 17.6 Å². The van der Waals surface area contributed by atoms with Gasteiger partial charge in [0.05, 0.1) is 10.9 Å². The van der Waals surface area contributed by atoms with Crippen LogP contribution in [0.15, 0.2) is 59.8 Å². The van der Waals surface area contributed by atoms with Gasteiger partial charge in [-0.2, -0.15) is 0 Å². The summed E-state index contributed by atoms with van der Waals surface area (Å²) < 4.78 is 0. The van der Waals surface area contributed by atoms with E-state index in [0.717, 1.165) is 35.1 Å². The number of aryl methyl sites for hydroxylation is 2. The minimum Gasteiger partial charge on any atom is -0.337 e. The second-order valence-electron chi connectivity index (χ2n) is 6.58. The fourth-order valence-corrected chi connectivity index (χ4v) is 3.65. The van der Waals surface area contributed by atoms with E-state index in [2.05, 4.69) is 34.3 Å². The lowest BCUT2D eigenvalue weighted by Crippen LogP contribution is -2.22. The molecule has 27 heavy (non-hydrogen) atoms. The van der Waals surface area contributed by atoms with Gasteiger partial charge in [0.2, 0.25) is 5.91 Å². The zero-order valence-electron chi connectivity index (χ0n) is 16.0. The first-order valence-electron chi connectivity index (χ1n) is 9.21. The molecule has 1 atom stereocenters. The van der Waals surface area contributed by atoms with Crippen molar-refractivity contribution in [3.05, 3.63) is 77.1 Å². The minimum absolute atomic E-state index is 0.0251. The number of nitrogens with one attached hydrogen (secondary N) is 2. The molecule has 1 amide bonds. The lowest BCUT2D eigenvalue weighted by Gasteiger charge is -2.11. The Morgan fingerprint density at radius 1 is 1.11 bits per heavy atom. The number of H-pyrrole nitrogens is 1. The zero-order chi connectivity index (χ0) is 19.2. The van der Waals surface area contributed by atoms with E-state index in [1.807, 2.05) is 56.3 Å². The number of hydrogen-bond donors (Lipinski definition) is 2. The normalized spacial score (nSPS) is 12.0. The molecule has 0 unspecified atom stereocenters. The van der Waals surface area contributed by atoms with Crippen molar-refractivity contribution in [3.63, 3.8) is 0 Å².